The molecule has 0 saturated heterocycles. The molecule has 0 radical (unpaired) electrons. The average molecular weight is 558 g/mol. The summed E-state index contributed by atoms with van der Waals surface area (Å²) >= 11 is 7.69. The number of ether oxygens (including phenoxy) is 1. The second-order valence-electron chi connectivity index (χ2n) is 9.60. The van der Waals surface area contributed by atoms with Crippen molar-refractivity contribution in [1.82, 2.24) is 20.2 Å². The van der Waals surface area contributed by atoms with E-state index in [-0.39, 0.29) is 6.10 Å². The van der Waals surface area contributed by atoms with Gasteiger partial charge in [-0.1, -0.05) is 37.3 Å². The smallest absolute Gasteiger partial charge is 0.134 e. The highest BCUT2D eigenvalue weighted by Gasteiger charge is 2.17. The number of nitrogens with zero attached hydrogens (tertiary/aromatic N) is 3. The number of thiophene rings is 1. The van der Waals surface area contributed by atoms with Gasteiger partial charge in [0.25, 0.3) is 0 Å². The van der Waals surface area contributed by atoms with E-state index in [2.05, 4.69) is 40.6 Å². The van der Waals surface area contributed by atoms with Gasteiger partial charge < -0.3 is 10.1 Å². The van der Waals surface area contributed by atoms with Gasteiger partial charge in [0, 0.05) is 16.6 Å². The third kappa shape index (κ3) is 6.00. The van der Waals surface area contributed by atoms with E-state index in [0.717, 1.165) is 66.9 Å². The van der Waals surface area contributed by atoms with Crippen molar-refractivity contribution in [2.45, 2.75) is 52.1 Å². The molecule has 4 heterocycles. The molecule has 8 heteroatoms. The molecule has 1 aliphatic carbocycles. The minimum atomic E-state index is 0.250. The Hall–Kier alpha value is -3.68. The summed E-state index contributed by atoms with van der Waals surface area (Å²) in [5.41, 5.74) is 7.54. The Morgan fingerprint density at radius 2 is 2.00 bits per heavy atom. The Bertz CT molecular complexity index is 1570. The van der Waals surface area contributed by atoms with Gasteiger partial charge >= 0.3 is 0 Å². The Balaban J connectivity index is 1.40. The summed E-state index contributed by atoms with van der Waals surface area (Å²) in [6.45, 7) is 12.3. The molecule has 0 bridgehead atoms. The minimum absolute atomic E-state index is 0.250. The molecule has 0 spiro atoms. The van der Waals surface area contributed by atoms with Crippen molar-refractivity contribution in [3.8, 4) is 10.4 Å². The lowest BCUT2D eigenvalue weighted by atomic mass is 9.98. The number of nitrogens with one attached hydrogen (secondary N) is 2. The lowest BCUT2D eigenvalue weighted by molar-refractivity contribution is 0.0903. The maximum Gasteiger partial charge on any atom is 0.134 e. The molecule has 0 amide bonds. The summed E-state index contributed by atoms with van der Waals surface area (Å²) < 4.78 is 7.01. The van der Waals surface area contributed by atoms with Gasteiger partial charge in [-0.2, -0.15) is 5.10 Å². The molecule has 1 fully saturated rings. The number of aromatic nitrogens is 4. The summed E-state index contributed by atoms with van der Waals surface area (Å²) in [6, 6.07) is 7.88. The monoisotopic (exact) mass is 557 g/mol. The maximum atomic E-state index is 6.27. The first kappa shape index (κ1) is 26.9. The fraction of sp³-hybridized carbons (Fsp3) is 0.258. The lowest BCUT2D eigenvalue weighted by Gasteiger charge is -2.23. The van der Waals surface area contributed by atoms with Gasteiger partial charge in [-0.15, -0.1) is 11.3 Å². The zero-order valence-electron chi connectivity index (χ0n) is 22.3. The molecule has 6 nitrogen and oxygen atoms in total. The third-order valence-corrected chi connectivity index (χ3v) is 8.26. The molecule has 4 aromatic rings. The number of halogens is 1. The number of allylic oxidation sites excluding steroid dienone is 4. The van der Waals surface area contributed by atoms with E-state index in [1.165, 1.54) is 30.6 Å². The van der Waals surface area contributed by atoms with E-state index >= 15 is 0 Å². The van der Waals surface area contributed by atoms with Crippen molar-refractivity contribution in [2.75, 3.05) is 5.32 Å². The van der Waals surface area contributed by atoms with Crippen LogP contribution < -0.4 is 5.32 Å². The van der Waals surface area contributed by atoms with Crippen LogP contribution in [0.3, 0.4) is 0 Å². The highest BCUT2D eigenvalue weighted by Crippen LogP contribution is 2.35. The normalized spacial score (nSPS) is 14.9. The van der Waals surface area contributed by atoms with E-state index in [9.17, 15) is 0 Å². The molecule has 1 saturated carbocycles. The molecule has 1 aliphatic rings. The summed E-state index contributed by atoms with van der Waals surface area (Å²) in [6.07, 6.45) is 15.6. The van der Waals surface area contributed by atoms with Crippen LogP contribution in [0.4, 0.5) is 5.69 Å². The van der Waals surface area contributed by atoms with Gasteiger partial charge in [0.1, 0.15) is 17.0 Å². The van der Waals surface area contributed by atoms with E-state index in [4.69, 9.17) is 21.3 Å². The zero-order valence-corrected chi connectivity index (χ0v) is 23.8. The van der Waals surface area contributed by atoms with Crippen LogP contribution in [0.2, 0.25) is 4.34 Å². The van der Waals surface area contributed by atoms with Crippen molar-refractivity contribution >= 4 is 50.9 Å². The van der Waals surface area contributed by atoms with Gasteiger partial charge in [-0.05, 0) is 87.1 Å². The summed E-state index contributed by atoms with van der Waals surface area (Å²) in [5.74, 6) is 0.769. The Morgan fingerprint density at radius 1 is 1.18 bits per heavy atom. The molecule has 4 aromatic heterocycles. The Labute approximate surface area is 238 Å². The van der Waals surface area contributed by atoms with E-state index < -0.39 is 0 Å². The van der Waals surface area contributed by atoms with Gasteiger partial charge in [0.15, 0.2) is 0 Å². The number of fused-ring (bicyclic) bond motifs is 1. The topological polar surface area (TPSA) is 75.7 Å². The first-order valence-corrected chi connectivity index (χ1v) is 14.4. The van der Waals surface area contributed by atoms with Gasteiger partial charge in [0.2, 0.25) is 0 Å². The SMILES string of the molecule is C=C/C(=C\C(=C/C)c1ccc2[nH]nc(C(=C)Nc3cncc(-c4ccc(Cl)s4)c3C)c2n1)OC1CCCCC1. The van der Waals surface area contributed by atoms with E-state index in [0.29, 0.717) is 11.4 Å². The first-order chi connectivity index (χ1) is 19.0. The highest BCUT2D eigenvalue weighted by molar-refractivity contribution is 7.19. The first-order valence-electron chi connectivity index (χ1n) is 13.2. The predicted molar refractivity (Wildman–Crippen MR) is 164 cm³/mol. The van der Waals surface area contributed by atoms with Crippen molar-refractivity contribution in [2.24, 2.45) is 0 Å². The zero-order chi connectivity index (χ0) is 27.4. The molecule has 200 valence electrons. The number of H-pyrrole nitrogens is 1. The fourth-order valence-electron chi connectivity index (χ4n) is 4.83. The quantitative estimate of drug-likeness (QED) is 0.159. The number of rotatable bonds is 9. The van der Waals surface area contributed by atoms with Crippen LogP contribution in [-0.2, 0) is 4.74 Å². The maximum absolute atomic E-state index is 6.27. The second-order valence-corrected chi connectivity index (χ2v) is 11.3. The second kappa shape index (κ2) is 12.0. The van der Waals surface area contributed by atoms with Crippen molar-refractivity contribution in [3.05, 3.63) is 95.1 Å². The molecule has 2 N–H and O–H groups in total. The number of aromatic amines is 1. The van der Waals surface area contributed by atoms with E-state index in [1.807, 2.05) is 49.5 Å². The largest absolute Gasteiger partial charge is 0.490 e. The van der Waals surface area contributed by atoms with Crippen LogP contribution in [0.1, 0.15) is 56.0 Å². The molecule has 5 rings (SSSR count). The van der Waals surface area contributed by atoms with Crippen LogP contribution in [0.15, 0.2) is 73.8 Å². The van der Waals surface area contributed by atoms with Crippen molar-refractivity contribution < 1.29 is 4.74 Å². The molecular formula is C31H32ClN5OS. The Morgan fingerprint density at radius 3 is 2.72 bits per heavy atom. The van der Waals surface area contributed by atoms with Crippen LogP contribution >= 0.6 is 22.9 Å². The van der Waals surface area contributed by atoms with Crippen LogP contribution in [-0.4, -0.2) is 26.3 Å². The van der Waals surface area contributed by atoms with E-state index in [1.54, 1.807) is 12.3 Å². The van der Waals surface area contributed by atoms with Crippen molar-refractivity contribution in [1.29, 1.82) is 0 Å². The van der Waals surface area contributed by atoms with Crippen LogP contribution in [0.25, 0.3) is 32.7 Å². The number of hydrogen-bond acceptors (Lipinski definition) is 6. The third-order valence-electron chi connectivity index (χ3n) is 6.99. The summed E-state index contributed by atoms with van der Waals surface area (Å²) in [7, 11) is 0. The van der Waals surface area contributed by atoms with Crippen LogP contribution in [0.5, 0.6) is 0 Å². The standard InChI is InChI=1S/C31H32ClN5OS/c1-5-21(16-22(6-2)38-23-10-8-7-9-11-23)25-12-13-26-31(35-25)30(37-36-26)20(4)34-27-18-33-17-24(19(27)3)28-14-15-29(32)39-28/h5-6,12-18,23,34H,2,4,7-11H2,1,3H3,(H,36,37)/b21-5+,22-16+. The fourth-order valence-corrected chi connectivity index (χ4v) is 5.94. The molecule has 0 aromatic carbocycles. The molecular weight excluding hydrogens is 526 g/mol. The predicted octanol–water partition coefficient (Wildman–Crippen LogP) is 8.95. The highest BCUT2D eigenvalue weighted by atomic mass is 35.5. The molecule has 0 atom stereocenters. The summed E-state index contributed by atoms with van der Waals surface area (Å²) in [4.78, 5) is 10.5. The number of hydrogen-bond donors (Lipinski definition) is 2. The number of anilines is 1. The lowest BCUT2D eigenvalue weighted by Crippen LogP contribution is -2.15. The molecule has 0 aliphatic heterocycles. The summed E-state index contributed by atoms with van der Waals surface area (Å²) in [5, 5.41) is 11.0. The Kier molecular flexibility index (Phi) is 8.29. The molecule has 0 unspecified atom stereocenters. The van der Waals surface area contributed by atoms with Gasteiger partial charge in [-0.25, -0.2) is 4.98 Å². The van der Waals surface area contributed by atoms with Crippen LogP contribution in [0, 0.1) is 6.92 Å². The number of pyridine rings is 2. The van der Waals surface area contributed by atoms with Gasteiger partial charge in [-0.3, -0.25) is 10.1 Å². The molecule has 39 heavy (non-hydrogen) atoms. The average Bonchev–Trinajstić information content (AvgIpc) is 3.58. The minimum Gasteiger partial charge on any atom is -0.490 e. The van der Waals surface area contributed by atoms with Crippen molar-refractivity contribution in [3.63, 3.8) is 0 Å². The van der Waals surface area contributed by atoms with Gasteiger partial charge in [0.05, 0.1) is 39.2 Å².